The number of aliphatic hydroxyl groups is 1. The summed E-state index contributed by atoms with van der Waals surface area (Å²) in [7, 11) is 0. The number of halogens is 1. The Bertz CT molecular complexity index is 691. The first kappa shape index (κ1) is 23.4. The Labute approximate surface area is 178 Å². The highest BCUT2D eigenvalue weighted by Crippen LogP contribution is 2.21. The number of hydrogen-bond acceptors (Lipinski definition) is 4. The van der Waals surface area contributed by atoms with Crippen LogP contribution in [0.1, 0.15) is 57.4 Å². The summed E-state index contributed by atoms with van der Waals surface area (Å²) in [6, 6.07) is 7.53. The Hall–Kier alpha value is -1.85. The van der Waals surface area contributed by atoms with Gasteiger partial charge >= 0.3 is 5.97 Å². The molecule has 5 nitrogen and oxygen atoms in total. The van der Waals surface area contributed by atoms with Crippen LogP contribution in [0.4, 0.5) is 0 Å². The smallest absolute Gasteiger partial charge is 0.305 e. The molecule has 2 atom stereocenters. The molecule has 0 bridgehead atoms. The lowest BCUT2D eigenvalue weighted by molar-refractivity contribution is -0.143. The highest BCUT2D eigenvalue weighted by atomic mass is 35.5. The molecule has 1 N–H and O–H groups in total. The van der Waals surface area contributed by atoms with Gasteiger partial charge in [0.25, 0.3) is 0 Å². The molecule has 0 saturated carbocycles. The van der Waals surface area contributed by atoms with Crippen molar-refractivity contribution >= 4 is 23.5 Å². The minimum absolute atomic E-state index is 0.0519. The molecule has 29 heavy (non-hydrogen) atoms. The fourth-order valence-corrected chi connectivity index (χ4v) is 3.83. The van der Waals surface area contributed by atoms with Crippen LogP contribution in [0.5, 0.6) is 0 Å². The summed E-state index contributed by atoms with van der Waals surface area (Å²) in [5, 5.41) is 11.0. The van der Waals surface area contributed by atoms with E-state index in [2.05, 4.69) is 0 Å². The van der Waals surface area contributed by atoms with E-state index in [-0.39, 0.29) is 17.9 Å². The fourth-order valence-electron chi connectivity index (χ4n) is 3.61. The SMILES string of the molecule is CCOC(=O)CCCCCCN1C(=O)CCC1C=CC(O)Cc1cccc(Cl)c1. The molecule has 1 fully saturated rings. The average molecular weight is 422 g/mol. The van der Waals surface area contributed by atoms with Crippen LogP contribution in [-0.4, -0.2) is 47.2 Å². The lowest BCUT2D eigenvalue weighted by atomic mass is 10.1. The maximum Gasteiger partial charge on any atom is 0.305 e. The van der Waals surface area contributed by atoms with Gasteiger partial charge in [0.05, 0.1) is 18.8 Å². The van der Waals surface area contributed by atoms with Gasteiger partial charge in [-0.25, -0.2) is 0 Å². The number of aliphatic hydroxyl groups excluding tert-OH is 1. The van der Waals surface area contributed by atoms with Gasteiger partial charge in [0.1, 0.15) is 0 Å². The molecule has 1 saturated heterocycles. The standard InChI is InChI=1S/C23H32ClNO4/c1-2-29-23(28)10-5-3-4-6-15-25-20(12-14-22(25)27)11-13-21(26)17-18-8-7-9-19(24)16-18/h7-9,11,13,16,20-21,26H,2-6,10,12,14-15,17H2,1H3. The topological polar surface area (TPSA) is 66.8 Å². The second-order valence-electron chi connectivity index (χ2n) is 7.45. The van der Waals surface area contributed by atoms with E-state index in [4.69, 9.17) is 16.3 Å². The molecule has 160 valence electrons. The van der Waals surface area contributed by atoms with Gasteiger partial charge in [-0.05, 0) is 43.9 Å². The van der Waals surface area contributed by atoms with Crippen molar-refractivity contribution in [1.82, 2.24) is 4.90 Å². The van der Waals surface area contributed by atoms with Crippen LogP contribution < -0.4 is 0 Å². The predicted molar refractivity (Wildman–Crippen MR) is 115 cm³/mol. The second kappa shape index (κ2) is 12.7. The normalized spacial score (nSPS) is 17.8. The maximum atomic E-state index is 12.2. The molecule has 2 rings (SSSR count). The van der Waals surface area contributed by atoms with Crippen LogP contribution in [0.2, 0.25) is 5.02 Å². The van der Waals surface area contributed by atoms with Crippen molar-refractivity contribution in [3.8, 4) is 0 Å². The average Bonchev–Trinajstić information content (AvgIpc) is 3.03. The quantitative estimate of drug-likeness (QED) is 0.310. The zero-order chi connectivity index (χ0) is 21.1. The van der Waals surface area contributed by atoms with E-state index in [1.54, 1.807) is 6.08 Å². The van der Waals surface area contributed by atoms with Gasteiger partial charge < -0.3 is 14.7 Å². The molecule has 0 radical (unpaired) electrons. The van der Waals surface area contributed by atoms with Crippen molar-refractivity contribution in [2.24, 2.45) is 0 Å². The molecular weight excluding hydrogens is 390 g/mol. The number of ether oxygens (including phenoxy) is 1. The molecule has 0 spiro atoms. The van der Waals surface area contributed by atoms with Crippen LogP contribution in [0.15, 0.2) is 36.4 Å². The molecule has 0 aliphatic carbocycles. The molecule has 1 aromatic rings. The van der Waals surface area contributed by atoms with Crippen LogP contribution >= 0.6 is 11.6 Å². The van der Waals surface area contributed by atoms with Crippen molar-refractivity contribution in [2.45, 2.75) is 70.4 Å². The predicted octanol–water partition coefficient (Wildman–Crippen LogP) is 4.30. The number of carbonyl (C=O) groups is 2. The van der Waals surface area contributed by atoms with Crippen molar-refractivity contribution in [2.75, 3.05) is 13.2 Å². The molecule has 0 aromatic heterocycles. The van der Waals surface area contributed by atoms with Crippen LogP contribution in [-0.2, 0) is 20.7 Å². The van der Waals surface area contributed by atoms with E-state index in [0.29, 0.717) is 30.9 Å². The minimum Gasteiger partial charge on any atom is -0.466 e. The number of likely N-dealkylation sites (tertiary alicyclic amines) is 1. The van der Waals surface area contributed by atoms with Crippen molar-refractivity contribution < 1.29 is 19.4 Å². The molecule has 6 heteroatoms. The highest BCUT2D eigenvalue weighted by molar-refractivity contribution is 6.30. The summed E-state index contributed by atoms with van der Waals surface area (Å²) in [6.45, 7) is 2.96. The number of benzene rings is 1. The van der Waals surface area contributed by atoms with E-state index in [1.807, 2.05) is 42.2 Å². The van der Waals surface area contributed by atoms with E-state index >= 15 is 0 Å². The summed E-state index contributed by atoms with van der Waals surface area (Å²) in [5.74, 6) is 0.0410. The molecule has 1 aliphatic heterocycles. The number of esters is 1. The van der Waals surface area contributed by atoms with Gasteiger partial charge in [-0.15, -0.1) is 0 Å². The summed E-state index contributed by atoms with van der Waals surface area (Å²) >= 11 is 5.99. The van der Waals surface area contributed by atoms with Gasteiger partial charge in [0.2, 0.25) is 5.91 Å². The van der Waals surface area contributed by atoms with Gasteiger partial charge in [0.15, 0.2) is 0 Å². The summed E-state index contributed by atoms with van der Waals surface area (Å²) in [4.78, 5) is 25.4. The molecule has 1 heterocycles. The summed E-state index contributed by atoms with van der Waals surface area (Å²) in [5.41, 5.74) is 0.983. The first-order valence-corrected chi connectivity index (χ1v) is 10.9. The third-order valence-electron chi connectivity index (χ3n) is 5.10. The third-order valence-corrected chi connectivity index (χ3v) is 5.33. The second-order valence-corrected chi connectivity index (χ2v) is 7.89. The summed E-state index contributed by atoms with van der Waals surface area (Å²) in [6.07, 6.45) is 9.15. The Morgan fingerprint density at radius 3 is 2.90 bits per heavy atom. The van der Waals surface area contributed by atoms with Crippen molar-refractivity contribution in [1.29, 1.82) is 0 Å². The Morgan fingerprint density at radius 2 is 2.14 bits per heavy atom. The maximum absolute atomic E-state index is 12.2. The molecule has 1 amide bonds. The van der Waals surface area contributed by atoms with Gasteiger partial charge in [-0.2, -0.15) is 0 Å². The highest BCUT2D eigenvalue weighted by Gasteiger charge is 2.28. The van der Waals surface area contributed by atoms with E-state index < -0.39 is 6.10 Å². The van der Waals surface area contributed by atoms with Gasteiger partial charge in [0, 0.05) is 30.8 Å². The van der Waals surface area contributed by atoms with E-state index in [9.17, 15) is 14.7 Å². The van der Waals surface area contributed by atoms with E-state index in [1.165, 1.54) is 0 Å². The van der Waals surface area contributed by atoms with Crippen LogP contribution in [0, 0.1) is 0 Å². The molecule has 2 unspecified atom stereocenters. The fraction of sp³-hybridized carbons (Fsp3) is 0.565. The molecular formula is C23H32ClNO4. The zero-order valence-corrected chi connectivity index (χ0v) is 17.9. The molecule has 1 aliphatic rings. The van der Waals surface area contributed by atoms with Gasteiger partial charge in [-0.3, -0.25) is 9.59 Å². The van der Waals surface area contributed by atoms with Crippen molar-refractivity contribution in [3.63, 3.8) is 0 Å². The first-order valence-electron chi connectivity index (χ1n) is 10.6. The number of amides is 1. The number of hydrogen-bond donors (Lipinski definition) is 1. The molecule has 1 aromatic carbocycles. The monoisotopic (exact) mass is 421 g/mol. The minimum atomic E-state index is -0.603. The third kappa shape index (κ3) is 8.58. The largest absolute Gasteiger partial charge is 0.466 e. The van der Waals surface area contributed by atoms with Crippen LogP contribution in [0.3, 0.4) is 0 Å². The Morgan fingerprint density at radius 1 is 1.34 bits per heavy atom. The van der Waals surface area contributed by atoms with Crippen LogP contribution in [0.25, 0.3) is 0 Å². The number of unbranched alkanes of at least 4 members (excludes halogenated alkanes) is 3. The lowest BCUT2D eigenvalue weighted by Gasteiger charge is -2.22. The Balaban J connectivity index is 1.72. The zero-order valence-electron chi connectivity index (χ0n) is 17.2. The Kier molecular flexibility index (Phi) is 10.2. The number of rotatable bonds is 12. The lowest BCUT2D eigenvalue weighted by Crippen LogP contribution is -2.32. The van der Waals surface area contributed by atoms with E-state index in [0.717, 1.165) is 44.2 Å². The van der Waals surface area contributed by atoms with Crippen molar-refractivity contribution in [3.05, 3.63) is 47.0 Å². The number of nitrogens with zero attached hydrogens (tertiary/aromatic N) is 1. The van der Waals surface area contributed by atoms with Gasteiger partial charge in [-0.1, -0.05) is 48.7 Å². The first-order chi connectivity index (χ1) is 14.0. The number of carbonyl (C=O) groups excluding carboxylic acids is 2. The summed E-state index contributed by atoms with van der Waals surface area (Å²) < 4.78 is 4.92.